The van der Waals surface area contributed by atoms with Crippen LogP contribution in [0.3, 0.4) is 0 Å². The standard InChI is InChI=1S/C11H14BrClO3S/c1-3-17(15,16)11(2,12)10(14)8-5-4-6-9(13)7-8/h4-7,10,14H,3H2,1-2H3/t10-,11-/m1/s1. The van der Waals surface area contributed by atoms with Crippen LogP contribution in [-0.4, -0.2) is 22.9 Å². The van der Waals surface area contributed by atoms with Crippen molar-refractivity contribution in [2.45, 2.75) is 23.6 Å². The second-order valence-electron chi connectivity index (χ2n) is 3.85. The summed E-state index contributed by atoms with van der Waals surface area (Å²) in [6.45, 7) is 2.98. The zero-order chi connectivity index (χ0) is 13.3. The maximum absolute atomic E-state index is 11.9. The second-order valence-corrected chi connectivity index (χ2v) is 9.11. The summed E-state index contributed by atoms with van der Waals surface area (Å²) < 4.78 is 22.3. The normalized spacial score (nSPS) is 17.5. The summed E-state index contributed by atoms with van der Waals surface area (Å²) in [6.07, 6.45) is -1.17. The number of sulfone groups is 1. The van der Waals surface area contributed by atoms with E-state index in [1.165, 1.54) is 6.92 Å². The van der Waals surface area contributed by atoms with Crippen molar-refractivity contribution in [3.8, 4) is 0 Å². The van der Waals surface area contributed by atoms with E-state index in [0.29, 0.717) is 10.6 Å². The van der Waals surface area contributed by atoms with Crippen molar-refractivity contribution in [1.29, 1.82) is 0 Å². The Balaban J connectivity index is 3.17. The van der Waals surface area contributed by atoms with Crippen LogP contribution in [0.15, 0.2) is 24.3 Å². The molecule has 3 nitrogen and oxygen atoms in total. The maximum atomic E-state index is 11.9. The van der Waals surface area contributed by atoms with Crippen molar-refractivity contribution in [2.75, 3.05) is 5.75 Å². The van der Waals surface area contributed by atoms with Crippen molar-refractivity contribution in [1.82, 2.24) is 0 Å². The summed E-state index contributed by atoms with van der Waals surface area (Å²) in [4.78, 5) is 0. The van der Waals surface area contributed by atoms with Crippen molar-refractivity contribution in [2.24, 2.45) is 0 Å². The van der Waals surface area contributed by atoms with Crippen molar-refractivity contribution in [3.63, 3.8) is 0 Å². The minimum Gasteiger partial charge on any atom is -0.386 e. The lowest BCUT2D eigenvalue weighted by molar-refractivity contribution is 0.167. The summed E-state index contributed by atoms with van der Waals surface area (Å²) in [7, 11) is -3.43. The number of hydrogen-bond donors (Lipinski definition) is 1. The van der Waals surface area contributed by atoms with E-state index in [4.69, 9.17) is 11.6 Å². The van der Waals surface area contributed by atoms with Gasteiger partial charge in [-0.15, -0.1) is 0 Å². The highest BCUT2D eigenvalue weighted by molar-refractivity contribution is 9.11. The molecule has 0 unspecified atom stereocenters. The van der Waals surface area contributed by atoms with E-state index in [9.17, 15) is 13.5 Å². The maximum Gasteiger partial charge on any atom is 0.168 e. The fraction of sp³-hybridized carbons (Fsp3) is 0.455. The summed E-state index contributed by atoms with van der Waals surface area (Å²) >= 11 is 8.92. The van der Waals surface area contributed by atoms with Gasteiger partial charge in [0, 0.05) is 10.8 Å². The SMILES string of the molecule is CCS(=O)(=O)[C@@](C)(Br)[C@H](O)c1cccc(Cl)c1. The summed E-state index contributed by atoms with van der Waals surface area (Å²) in [6, 6.07) is 6.53. The van der Waals surface area contributed by atoms with E-state index < -0.39 is 19.6 Å². The minimum atomic E-state index is -3.43. The highest BCUT2D eigenvalue weighted by atomic mass is 79.9. The molecule has 0 saturated heterocycles. The van der Waals surface area contributed by atoms with Crippen LogP contribution in [0.5, 0.6) is 0 Å². The van der Waals surface area contributed by atoms with Gasteiger partial charge in [0.2, 0.25) is 0 Å². The Bertz CT molecular complexity index is 499. The first-order chi connectivity index (χ1) is 7.72. The number of aliphatic hydroxyl groups excluding tert-OH is 1. The number of halogens is 2. The molecule has 2 atom stereocenters. The van der Waals surface area contributed by atoms with E-state index in [0.717, 1.165) is 0 Å². The van der Waals surface area contributed by atoms with Gasteiger partial charge in [0.15, 0.2) is 13.5 Å². The molecule has 0 aliphatic heterocycles. The van der Waals surface area contributed by atoms with E-state index in [2.05, 4.69) is 15.9 Å². The Morgan fingerprint density at radius 3 is 2.59 bits per heavy atom. The fourth-order valence-corrected chi connectivity index (χ4v) is 3.62. The van der Waals surface area contributed by atoms with Gasteiger partial charge in [-0.1, -0.05) is 46.6 Å². The lowest BCUT2D eigenvalue weighted by Crippen LogP contribution is -2.36. The Morgan fingerprint density at radius 1 is 1.53 bits per heavy atom. The quantitative estimate of drug-likeness (QED) is 0.857. The van der Waals surface area contributed by atoms with Crippen LogP contribution in [0.1, 0.15) is 25.5 Å². The Hall–Kier alpha value is -0.100. The molecule has 1 aromatic carbocycles. The molecule has 0 radical (unpaired) electrons. The predicted molar refractivity (Wildman–Crippen MR) is 73.2 cm³/mol. The van der Waals surface area contributed by atoms with Gasteiger partial charge in [0.05, 0.1) is 0 Å². The number of benzene rings is 1. The molecule has 0 bridgehead atoms. The number of hydrogen-bond acceptors (Lipinski definition) is 3. The zero-order valence-electron chi connectivity index (χ0n) is 9.52. The molecule has 0 aliphatic rings. The van der Waals surface area contributed by atoms with Gasteiger partial charge < -0.3 is 5.11 Å². The van der Waals surface area contributed by atoms with E-state index in [-0.39, 0.29) is 5.75 Å². The van der Waals surface area contributed by atoms with Gasteiger partial charge in [-0.3, -0.25) is 0 Å². The molecule has 17 heavy (non-hydrogen) atoms. The first kappa shape index (κ1) is 15.0. The Labute approximate surface area is 115 Å². The van der Waals surface area contributed by atoms with Gasteiger partial charge in [-0.25, -0.2) is 8.42 Å². The molecule has 0 aliphatic carbocycles. The van der Waals surface area contributed by atoms with Crippen LogP contribution in [0, 0.1) is 0 Å². The van der Waals surface area contributed by atoms with Crippen LogP contribution in [0.4, 0.5) is 0 Å². The average Bonchev–Trinajstić information content (AvgIpc) is 2.27. The molecule has 96 valence electrons. The highest BCUT2D eigenvalue weighted by Crippen LogP contribution is 2.39. The molecule has 1 rings (SSSR count). The lowest BCUT2D eigenvalue weighted by atomic mass is 10.1. The third-order valence-corrected chi connectivity index (χ3v) is 6.99. The molecular weight excluding hydrogens is 328 g/mol. The number of alkyl halides is 1. The van der Waals surface area contributed by atoms with Crippen molar-refractivity contribution < 1.29 is 13.5 Å². The van der Waals surface area contributed by atoms with Gasteiger partial charge >= 0.3 is 0 Å². The lowest BCUT2D eigenvalue weighted by Gasteiger charge is -2.28. The van der Waals surface area contributed by atoms with Crippen LogP contribution >= 0.6 is 27.5 Å². The van der Waals surface area contributed by atoms with E-state index >= 15 is 0 Å². The molecule has 6 heteroatoms. The summed E-state index contributed by atoms with van der Waals surface area (Å²) in [5, 5.41) is 10.6. The van der Waals surface area contributed by atoms with Crippen LogP contribution in [0.2, 0.25) is 5.02 Å². The van der Waals surface area contributed by atoms with Crippen LogP contribution in [0.25, 0.3) is 0 Å². The second kappa shape index (κ2) is 5.26. The van der Waals surface area contributed by atoms with Crippen LogP contribution in [-0.2, 0) is 9.84 Å². The third kappa shape index (κ3) is 3.02. The topological polar surface area (TPSA) is 54.4 Å². The molecule has 1 aromatic rings. The molecule has 0 saturated carbocycles. The first-order valence-corrected chi connectivity index (χ1v) is 7.89. The van der Waals surface area contributed by atoms with Crippen molar-refractivity contribution in [3.05, 3.63) is 34.9 Å². The zero-order valence-corrected chi connectivity index (χ0v) is 12.7. The van der Waals surface area contributed by atoms with E-state index in [1.807, 2.05) is 0 Å². The minimum absolute atomic E-state index is 0.0492. The van der Waals surface area contributed by atoms with Gasteiger partial charge in [0.1, 0.15) is 6.10 Å². The number of aliphatic hydroxyl groups is 1. The first-order valence-electron chi connectivity index (χ1n) is 5.07. The Morgan fingerprint density at radius 2 is 2.12 bits per heavy atom. The fourth-order valence-electron chi connectivity index (χ4n) is 1.43. The smallest absolute Gasteiger partial charge is 0.168 e. The number of rotatable bonds is 4. The summed E-state index contributed by atoms with van der Waals surface area (Å²) in [5.41, 5.74) is 0.467. The predicted octanol–water partition coefficient (Wildman–Crippen LogP) is 2.92. The van der Waals surface area contributed by atoms with E-state index in [1.54, 1.807) is 31.2 Å². The molecule has 1 N–H and O–H groups in total. The van der Waals surface area contributed by atoms with Crippen molar-refractivity contribution >= 4 is 37.4 Å². The molecule has 0 fully saturated rings. The highest BCUT2D eigenvalue weighted by Gasteiger charge is 2.42. The largest absolute Gasteiger partial charge is 0.386 e. The monoisotopic (exact) mass is 340 g/mol. The summed E-state index contributed by atoms with van der Waals surface area (Å²) in [5.74, 6) is -0.0492. The van der Waals surface area contributed by atoms with Gasteiger partial charge in [-0.2, -0.15) is 0 Å². The molecular formula is C11H14BrClO3S. The molecule has 0 amide bonds. The van der Waals surface area contributed by atoms with Gasteiger partial charge in [-0.05, 0) is 24.6 Å². The molecule has 0 spiro atoms. The molecule has 0 aromatic heterocycles. The van der Waals surface area contributed by atoms with Crippen LogP contribution < -0.4 is 0 Å². The Kier molecular flexibility index (Phi) is 4.63. The van der Waals surface area contributed by atoms with Gasteiger partial charge in [0.25, 0.3) is 0 Å². The third-order valence-electron chi connectivity index (χ3n) is 2.64. The average molecular weight is 342 g/mol. The molecule has 0 heterocycles.